The van der Waals surface area contributed by atoms with E-state index in [1.807, 2.05) is 42.6 Å². The van der Waals surface area contributed by atoms with E-state index in [1.54, 1.807) is 30.3 Å². The number of benzene rings is 3. The van der Waals surface area contributed by atoms with E-state index >= 15 is 0 Å². The minimum atomic E-state index is -0.0633. The summed E-state index contributed by atoms with van der Waals surface area (Å²) in [6, 6.07) is 18.4. The van der Waals surface area contributed by atoms with Gasteiger partial charge in [-0.05, 0) is 54.4 Å². The van der Waals surface area contributed by atoms with Gasteiger partial charge in [0.2, 0.25) is 5.78 Å². The maximum Gasteiger partial charge on any atom is 0.203 e. The number of nitrogen functional groups attached to an aromatic ring is 1. The molecule has 3 aromatic carbocycles. The van der Waals surface area contributed by atoms with Gasteiger partial charge in [-0.3, -0.25) is 4.79 Å². The van der Waals surface area contributed by atoms with E-state index in [4.69, 9.17) is 17.3 Å². The highest BCUT2D eigenvalue weighted by Crippen LogP contribution is 2.42. The molecular weight excluding hydrogens is 460 g/mol. The van der Waals surface area contributed by atoms with Crippen molar-refractivity contribution < 1.29 is 9.90 Å². The monoisotopic (exact) mass is 476 g/mol. The minimum absolute atomic E-state index is 0.0633. The molecule has 5 aromatic rings. The van der Waals surface area contributed by atoms with Gasteiger partial charge >= 0.3 is 0 Å². The Hall–Kier alpha value is -3.19. The number of aromatic nitrogens is 1. The summed E-state index contributed by atoms with van der Waals surface area (Å²) in [4.78, 5) is 18.6. The molecule has 0 amide bonds. The summed E-state index contributed by atoms with van der Waals surface area (Å²) in [6.07, 6.45) is 0. The third-order valence-electron chi connectivity index (χ3n) is 5.26. The lowest BCUT2D eigenvalue weighted by Crippen LogP contribution is -2.03. The number of anilines is 1. The second-order valence-corrected chi connectivity index (χ2v) is 9.78. The van der Waals surface area contributed by atoms with Crippen molar-refractivity contribution in [2.45, 2.75) is 6.92 Å². The average Bonchev–Trinajstić information content (AvgIpc) is 3.37. The van der Waals surface area contributed by atoms with E-state index in [1.165, 1.54) is 22.7 Å². The van der Waals surface area contributed by atoms with Crippen LogP contribution in [0.15, 0.2) is 66.0 Å². The first-order chi connectivity index (χ1) is 15.4. The number of carbonyl (C=O) groups excluding carboxylic acids is 1. The average molecular weight is 477 g/mol. The van der Waals surface area contributed by atoms with E-state index in [9.17, 15) is 9.90 Å². The van der Waals surface area contributed by atoms with E-state index in [0.29, 0.717) is 21.3 Å². The lowest BCUT2D eigenvalue weighted by atomic mass is 9.96. The number of rotatable bonds is 4. The smallest absolute Gasteiger partial charge is 0.203 e. The Labute approximate surface area is 197 Å². The summed E-state index contributed by atoms with van der Waals surface area (Å²) in [5.41, 5.74) is 9.94. The molecule has 5 rings (SSSR count). The number of hydrogen-bond donors (Lipinski definition) is 2. The predicted octanol–water partition coefficient (Wildman–Crippen LogP) is 7.17. The Kier molecular flexibility index (Phi) is 5.21. The molecule has 0 aliphatic rings. The van der Waals surface area contributed by atoms with Crippen LogP contribution in [-0.2, 0) is 0 Å². The fourth-order valence-corrected chi connectivity index (χ4v) is 5.89. The van der Waals surface area contributed by atoms with Crippen LogP contribution in [0, 0.1) is 6.92 Å². The fraction of sp³-hybridized carbons (Fsp3) is 0.0400. The Morgan fingerprint density at radius 2 is 1.78 bits per heavy atom. The maximum absolute atomic E-state index is 13.6. The van der Waals surface area contributed by atoms with Crippen LogP contribution in [0.4, 0.5) is 5.82 Å². The van der Waals surface area contributed by atoms with Crippen molar-refractivity contribution in [1.29, 1.82) is 0 Å². The van der Waals surface area contributed by atoms with Gasteiger partial charge in [0.1, 0.15) is 16.6 Å². The van der Waals surface area contributed by atoms with Gasteiger partial charge in [-0.25, -0.2) is 4.98 Å². The van der Waals surface area contributed by atoms with Crippen LogP contribution in [0.3, 0.4) is 0 Å². The van der Waals surface area contributed by atoms with E-state index in [-0.39, 0.29) is 11.5 Å². The topological polar surface area (TPSA) is 76.2 Å². The predicted molar refractivity (Wildman–Crippen MR) is 134 cm³/mol. The number of nitrogens with two attached hydrogens (primary N) is 1. The Bertz CT molecular complexity index is 1490. The molecule has 158 valence electrons. The maximum atomic E-state index is 13.6. The van der Waals surface area contributed by atoms with E-state index in [2.05, 4.69) is 4.98 Å². The number of aryl methyl sites for hydroxylation is 1. The van der Waals surface area contributed by atoms with Crippen molar-refractivity contribution in [1.82, 2.24) is 4.98 Å². The molecule has 0 atom stereocenters. The van der Waals surface area contributed by atoms with Gasteiger partial charge in [0.15, 0.2) is 0 Å². The molecule has 3 N–H and O–H groups in total. The fourth-order valence-electron chi connectivity index (χ4n) is 3.73. The van der Waals surface area contributed by atoms with Gasteiger partial charge < -0.3 is 10.8 Å². The molecule has 2 heterocycles. The highest BCUT2D eigenvalue weighted by Gasteiger charge is 2.22. The molecule has 0 aliphatic heterocycles. The molecule has 0 unspecified atom stereocenters. The summed E-state index contributed by atoms with van der Waals surface area (Å²) >= 11 is 8.97. The van der Waals surface area contributed by atoms with Gasteiger partial charge in [-0.15, -0.1) is 22.7 Å². The molecule has 4 nitrogen and oxygen atoms in total. The van der Waals surface area contributed by atoms with Gasteiger partial charge in [0, 0.05) is 37.2 Å². The summed E-state index contributed by atoms with van der Waals surface area (Å²) in [5, 5.41) is 14.2. The number of ketones is 1. The van der Waals surface area contributed by atoms with Crippen molar-refractivity contribution >= 4 is 56.0 Å². The zero-order chi connectivity index (χ0) is 22.4. The molecule has 0 fully saturated rings. The number of thiophene rings is 1. The molecule has 0 saturated carbocycles. The first-order valence-corrected chi connectivity index (χ1v) is 11.9. The molecule has 0 spiro atoms. The Balaban J connectivity index is 1.67. The van der Waals surface area contributed by atoms with Crippen molar-refractivity contribution in [3.05, 3.63) is 87.1 Å². The lowest BCUT2D eigenvalue weighted by molar-refractivity contribution is 0.104. The van der Waals surface area contributed by atoms with Crippen LogP contribution in [0.1, 0.15) is 20.8 Å². The molecule has 0 radical (unpaired) electrons. The Morgan fingerprint density at radius 3 is 2.47 bits per heavy atom. The molecule has 0 saturated heterocycles. The normalized spacial score (nSPS) is 11.2. The molecular formula is C25H17ClN2O2S2. The Morgan fingerprint density at radius 1 is 1.03 bits per heavy atom. The van der Waals surface area contributed by atoms with E-state index < -0.39 is 0 Å². The number of fused-ring (bicyclic) bond motifs is 1. The quantitative estimate of drug-likeness (QED) is 0.269. The third-order valence-corrected chi connectivity index (χ3v) is 7.55. The molecule has 2 aromatic heterocycles. The molecule has 0 bridgehead atoms. The number of halogens is 1. The number of hydrogen-bond acceptors (Lipinski definition) is 6. The second kappa shape index (κ2) is 8.06. The van der Waals surface area contributed by atoms with Crippen LogP contribution >= 0.6 is 34.3 Å². The standard InChI is InChI=1S/C25H17ClN2O2S2/c1-13-10-16(26)6-8-18(13)23(30)24-22(19-9-7-17(29)11-20(19)32-24)14-2-4-15(5-3-14)25-28-21(27)12-31-25/h2-12,29H,27H2,1H3. The lowest BCUT2D eigenvalue weighted by Gasteiger charge is -2.08. The van der Waals surface area contributed by atoms with Crippen molar-refractivity contribution in [2.24, 2.45) is 0 Å². The largest absolute Gasteiger partial charge is 0.508 e. The van der Waals surface area contributed by atoms with Crippen molar-refractivity contribution in [3.63, 3.8) is 0 Å². The molecule has 32 heavy (non-hydrogen) atoms. The van der Waals surface area contributed by atoms with Crippen molar-refractivity contribution in [3.8, 4) is 27.4 Å². The van der Waals surface area contributed by atoms with Crippen molar-refractivity contribution in [2.75, 3.05) is 5.73 Å². The number of phenols is 1. The van der Waals surface area contributed by atoms with Crippen LogP contribution < -0.4 is 5.73 Å². The number of phenolic OH excluding ortho intramolecular Hbond substituents is 1. The SMILES string of the molecule is Cc1cc(Cl)ccc1C(=O)c1sc2cc(O)ccc2c1-c1ccc(-c2nc(N)cs2)cc1. The number of nitrogens with zero attached hydrogens (tertiary/aromatic N) is 1. The second-order valence-electron chi connectivity index (χ2n) is 7.43. The first-order valence-electron chi connectivity index (χ1n) is 9.79. The van der Waals surface area contributed by atoms with Crippen LogP contribution in [0.5, 0.6) is 5.75 Å². The van der Waals surface area contributed by atoms with E-state index in [0.717, 1.165) is 37.3 Å². The summed E-state index contributed by atoms with van der Waals surface area (Å²) in [6.45, 7) is 1.88. The number of carbonyl (C=O) groups is 1. The summed E-state index contributed by atoms with van der Waals surface area (Å²) < 4.78 is 0.853. The highest BCUT2D eigenvalue weighted by atomic mass is 35.5. The summed E-state index contributed by atoms with van der Waals surface area (Å²) in [7, 11) is 0. The van der Waals surface area contributed by atoms with Gasteiger partial charge in [-0.1, -0.05) is 35.9 Å². The van der Waals surface area contributed by atoms with Gasteiger partial charge in [0.25, 0.3) is 0 Å². The highest BCUT2D eigenvalue weighted by molar-refractivity contribution is 7.21. The van der Waals surface area contributed by atoms with Crippen LogP contribution in [-0.4, -0.2) is 15.9 Å². The number of thiazole rings is 1. The van der Waals surface area contributed by atoms with Gasteiger partial charge in [-0.2, -0.15) is 0 Å². The van der Waals surface area contributed by atoms with Gasteiger partial charge in [0.05, 0.1) is 4.88 Å². The first kappa shape index (κ1) is 20.7. The third kappa shape index (κ3) is 3.66. The zero-order valence-electron chi connectivity index (χ0n) is 16.9. The molecule has 7 heteroatoms. The summed E-state index contributed by atoms with van der Waals surface area (Å²) in [5.74, 6) is 0.610. The molecule has 0 aliphatic carbocycles. The number of aromatic hydroxyl groups is 1. The van der Waals surface area contributed by atoms with Crippen LogP contribution in [0.2, 0.25) is 5.02 Å². The minimum Gasteiger partial charge on any atom is -0.508 e. The van der Waals surface area contributed by atoms with Crippen LogP contribution in [0.25, 0.3) is 31.8 Å². The zero-order valence-corrected chi connectivity index (χ0v) is 19.3.